The molecule has 0 aliphatic heterocycles. The number of methoxy groups -OCH3 is 1. The smallest absolute Gasteiger partial charge is 0.230 e. The first-order chi connectivity index (χ1) is 12.2. The Kier molecular flexibility index (Phi) is 5.67. The number of amides is 1. The van der Waals surface area contributed by atoms with Crippen LogP contribution in [0.25, 0.3) is 10.9 Å². The van der Waals surface area contributed by atoms with Crippen molar-refractivity contribution in [1.29, 1.82) is 0 Å². The minimum Gasteiger partial charge on any atom is -0.491 e. The maximum absolute atomic E-state index is 12.3. The van der Waals surface area contributed by atoms with Gasteiger partial charge in [-0.2, -0.15) is 5.10 Å². The van der Waals surface area contributed by atoms with Crippen LogP contribution in [0.5, 0.6) is 5.75 Å². The standard InChI is InChI=1S/C18H18BrN3O3/c1-24-7-8-25-14-4-2-3-12(9-14)10-17(23)20-18-15-6-5-13(19)11-16(15)21-22-18/h2-6,9,11H,7-8,10H2,1H3,(H2,20,21,22,23). The van der Waals surface area contributed by atoms with Crippen molar-refractivity contribution in [3.63, 3.8) is 0 Å². The molecule has 0 saturated carbocycles. The van der Waals surface area contributed by atoms with Gasteiger partial charge in [-0.05, 0) is 35.9 Å². The van der Waals surface area contributed by atoms with E-state index in [-0.39, 0.29) is 12.3 Å². The first kappa shape index (κ1) is 17.4. The van der Waals surface area contributed by atoms with Crippen LogP contribution in [-0.2, 0) is 16.0 Å². The molecule has 0 aliphatic rings. The highest BCUT2D eigenvalue weighted by atomic mass is 79.9. The normalized spacial score (nSPS) is 10.8. The topological polar surface area (TPSA) is 76.2 Å². The van der Waals surface area contributed by atoms with Gasteiger partial charge in [-0.3, -0.25) is 9.89 Å². The summed E-state index contributed by atoms with van der Waals surface area (Å²) in [6.45, 7) is 0.994. The van der Waals surface area contributed by atoms with Crippen LogP contribution in [0.2, 0.25) is 0 Å². The Morgan fingerprint density at radius 3 is 2.96 bits per heavy atom. The SMILES string of the molecule is COCCOc1cccc(CC(=O)Nc2n[nH]c3cc(Br)ccc23)c1. The Morgan fingerprint density at radius 2 is 2.12 bits per heavy atom. The number of nitrogens with one attached hydrogen (secondary N) is 2. The lowest BCUT2D eigenvalue weighted by Gasteiger charge is -2.08. The zero-order valence-electron chi connectivity index (χ0n) is 13.7. The Hall–Kier alpha value is -2.38. The third-order valence-electron chi connectivity index (χ3n) is 3.60. The number of aromatic amines is 1. The van der Waals surface area contributed by atoms with Gasteiger partial charge in [-0.25, -0.2) is 0 Å². The first-order valence-electron chi connectivity index (χ1n) is 7.80. The van der Waals surface area contributed by atoms with Crippen molar-refractivity contribution in [1.82, 2.24) is 10.2 Å². The second-order valence-electron chi connectivity index (χ2n) is 5.48. The Bertz CT molecular complexity index is 879. The van der Waals surface area contributed by atoms with Crippen molar-refractivity contribution < 1.29 is 14.3 Å². The molecule has 0 radical (unpaired) electrons. The average molecular weight is 404 g/mol. The van der Waals surface area contributed by atoms with Gasteiger partial charge in [0, 0.05) is 17.0 Å². The van der Waals surface area contributed by atoms with E-state index in [1.807, 2.05) is 42.5 Å². The van der Waals surface area contributed by atoms with Gasteiger partial charge in [0.15, 0.2) is 5.82 Å². The van der Waals surface area contributed by atoms with Crippen LogP contribution < -0.4 is 10.1 Å². The minimum absolute atomic E-state index is 0.134. The molecular formula is C18H18BrN3O3. The predicted molar refractivity (Wildman–Crippen MR) is 99.9 cm³/mol. The zero-order valence-corrected chi connectivity index (χ0v) is 15.3. The van der Waals surface area contributed by atoms with E-state index in [2.05, 4.69) is 31.4 Å². The van der Waals surface area contributed by atoms with Gasteiger partial charge in [0.1, 0.15) is 12.4 Å². The van der Waals surface area contributed by atoms with E-state index in [0.717, 1.165) is 26.7 Å². The van der Waals surface area contributed by atoms with E-state index in [4.69, 9.17) is 9.47 Å². The van der Waals surface area contributed by atoms with Crippen LogP contribution in [0.1, 0.15) is 5.56 Å². The molecule has 2 N–H and O–H groups in total. The lowest BCUT2D eigenvalue weighted by Crippen LogP contribution is -2.15. The highest BCUT2D eigenvalue weighted by Crippen LogP contribution is 2.24. The second-order valence-corrected chi connectivity index (χ2v) is 6.39. The molecule has 3 rings (SSSR count). The summed E-state index contributed by atoms with van der Waals surface area (Å²) in [6.07, 6.45) is 0.242. The fourth-order valence-corrected chi connectivity index (χ4v) is 2.80. The van der Waals surface area contributed by atoms with E-state index in [0.29, 0.717) is 19.0 Å². The molecule has 0 fully saturated rings. The van der Waals surface area contributed by atoms with Gasteiger partial charge in [0.05, 0.1) is 18.5 Å². The maximum atomic E-state index is 12.3. The lowest BCUT2D eigenvalue weighted by molar-refractivity contribution is -0.115. The summed E-state index contributed by atoms with van der Waals surface area (Å²) in [5, 5.41) is 10.8. The summed E-state index contributed by atoms with van der Waals surface area (Å²) in [7, 11) is 1.63. The quantitative estimate of drug-likeness (QED) is 0.591. The summed E-state index contributed by atoms with van der Waals surface area (Å²) in [5.74, 6) is 1.11. The molecule has 1 aromatic heterocycles. The summed E-state index contributed by atoms with van der Waals surface area (Å²) in [5.41, 5.74) is 1.73. The number of H-pyrrole nitrogens is 1. The Morgan fingerprint density at radius 1 is 1.24 bits per heavy atom. The van der Waals surface area contributed by atoms with Gasteiger partial charge in [-0.15, -0.1) is 0 Å². The third kappa shape index (κ3) is 4.58. The van der Waals surface area contributed by atoms with E-state index in [1.165, 1.54) is 0 Å². The molecule has 0 unspecified atom stereocenters. The van der Waals surface area contributed by atoms with E-state index in [9.17, 15) is 4.79 Å². The van der Waals surface area contributed by atoms with Crippen LogP contribution >= 0.6 is 15.9 Å². The Balaban J connectivity index is 1.64. The molecule has 3 aromatic rings. The predicted octanol–water partition coefficient (Wildman–Crippen LogP) is 3.53. The minimum atomic E-state index is -0.134. The molecule has 0 bridgehead atoms. The molecule has 0 spiro atoms. The Labute approximate surface area is 153 Å². The lowest BCUT2D eigenvalue weighted by atomic mass is 10.1. The molecule has 130 valence electrons. The van der Waals surface area contributed by atoms with E-state index in [1.54, 1.807) is 7.11 Å². The van der Waals surface area contributed by atoms with Crippen LogP contribution in [-0.4, -0.2) is 36.4 Å². The van der Waals surface area contributed by atoms with Crippen LogP contribution in [0, 0.1) is 0 Å². The maximum Gasteiger partial charge on any atom is 0.230 e. The first-order valence-corrected chi connectivity index (χ1v) is 8.59. The fraction of sp³-hybridized carbons (Fsp3) is 0.222. The molecule has 2 aromatic carbocycles. The molecule has 25 heavy (non-hydrogen) atoms. The van der Waals surface area contributed by atoms with Crippen molar-refractivity contribution in [3.8, 4) is 5.75 Å². The van der Waals surface area contributed by atoms with Gasteiger partial charge in [0.25, 0.3) is 0 Å². The summed E-state index contributed by atoms with van der Waals surface area (Å²) in [6, 6.07) is 13.2. The van der Waals surface area contributed by atoms with Gasteiger partial charge >= 0.3 is 0 Å². The number of carbonyl (C=O) groups is 1. The fourth-order valence-electron chi connectivity index (χ4n) is 2.44. The number of hydrogen-bond acceptors (Lipinski definition) is 4. The highest BCUT2D eigenvalue weighted by molar-refractivity contribution is 9.10. The molecule has 6 nitrogen and oxygen atoms in total. The number of carbonyl (C=O) groups excluding carboxylic acids is 1. The van der Waals surface area contributed by atoms with Crippen LogP contribution in [0.4, 0.5) is 5.82 Å². The molecule has 7 heteroatoms. The van der Waals surface area contributed by atoms with Crippen molar-refractivity contribution in [2.24, 2.45) is 0 Å². The van der Waals surface area contributed by atoms with E-state index < -0.39 is 0 Å². The second kappa shape index (κ2) is 8.13. The summed E-state index contributed by atoms with van der Waals surface area (Å²) in [4.78, 5) is 12.3. The number of hydrogen-bond donors (Lipinski definition) is 2. The average Bonchev–Trinajstić information content (AvgIpc) is 2.97. The van der Waals surface area contributed by atoms with Crippen molar-refractivity contribution in [2.45, 2.75) is 6.42 Å². The summed E-state index contributed by atoms with van der Waals surface area (Å²) >= 11 is 3.41. The largest absolute Gasteiger partial charge is 0.491 e. The molecule has 0 aliphatic carbocycles. The van der Waals surface area contributed by atoms with E-state index >= 15 is 0 Å². The molecule has 1 amide bonds. The monoisotopic (exact) mass is 403 g/mol. The number of benzene rings is 2. The van der Waals surface area contributed by atoms with Crippen molar-refractivity contribution in [2.75, 3.05) is 25.6 Å². The molecular weight excluding hydrogens is 386 g/mol. The number of rotatable bonds is 7. The van der Waals surface area contributed by atoms with Crippen molar-refractivity contribution >= 4 is 38.6 Å². The molecule has 1 heterocycles. The number of aromatic nitrogens is 2. The third-order valence-corrected chi connectivity index (χ3v) is 4.10. The number of ether oxygens (including phenoxy) is 2. The number of nitrogens with zero attached hydrogens (tertiary/aromatic N) is 1. The molecule has 0 atom stereocenters. The van der Waals surface area contributed by atoms with Crippen LogP contribution in [0.15, 0.2) is 46.9 Å². The number of anilines is 1. The van der Waals surface area contributed by atoms with Gasteiger partial charge < -0.3 is 14.8 Å². The number of fused-ring (bicyclic) bond motifs is 1. The van der Waals surface area contributed by atoms with Crippen LogP contribution in [0.3, 0.4) is 0 Å². The number of halogens is 1. The molecule has 0 saturated heterocycles. The zero-order chi connectivity index (χ0) is 17.6. The summed E-state index contributed by atoms with van der Waals surface area (Å²) < 4.78 is 11.5. The van der Waals surface area contributed by atoms with Gasteiger partial charge in [0.2, 0.25) is 5.91 Å². The van der Waals surface area contributed by atoms with Gasteiger partial charge in [-0.1, -0.05) is 28.1 Å². The highest BCUT2D eigenvalue weighted by Gasteiger charge is 2.10. The van der Waals surface area contributed by atoms with Crippen molar-refractivity contribution in [3.05, 3.63) is 52.5 Å².